The SMILES string of the molecule is O=C(c1cc(=O)c2cc(Br)ccc2o1)N(Cc1cccc(F)c1)C1CCS(=O)(=O)C1. The summed E-state index contributed by atoms with van der Waals surface area (Å²) in [6, 6.07) is 11.1. The molecule has 30 heavy (non-hydrogen) atoms. The lowest BCUT2D eigenvalue weighted by Gasteiger charge is -2.28. The number of amides is 1. The van der Waals surface area contributed by atoms with Crippen molar-refractivity contribution in [3.05, 3.63) is 80.4 Å². The predicted molar refractivity (Wildman–Crippen MR) is 114 cm³/mol. The number of sulfone groups is 1. The molecule has 9 heteroatoms. The second-order valence-electron chi connectivity index (χ2n) is 7.24. The Bertz CT molecular complexity index is 1300. The summed E-state index contributed by atoms with van der Waals surface area (Å²) in [7, 11) is -3.27. The third kappa shape index (κ3) is 4.32. The van der Waals surface area contributed by atoms with Crippen molar-refractivity contribution in [3.8, 4) is 0 Å². The Labute approximate surface area is 180 Å². The molecular weight excluding hydrogens is 477 g/mol. The molecule has 0 spiro atoms. The molecule has 3 aromatic rings. The number of halogens is 2. The number of benzene rings is 2. The van der Waals surface area contributed by atoms with E-state index in [2.05, 4.69) is 15.9 Å². The summed E-state index contributed by atoms with van der Waals surface area (Å²) in [5.41, 5.74) is 0.379. The Kier molecular flexibility index (Phi) is 5.50. The number of carbonyl (C=O) groups excluding carboxylic acids is 1. The number of nitrogens with zero attached hydrogens (tertiary/aromatic N) is 1. The monoisotopic (exact) mass is 493 g/mol. The second kappa shape index (κ2) is 7.96. The number of hydrogen-bond donors (Lipinski definition) is 0. The first-order chi connectivity index (χ1) is 14.2. The quantitative estimate of drug-likeness (QED) is 0.554. The van der Waals surface area contributed by atoms with Gasteiger partial charge in [0.15, 0.2) is 21.0 Å². The maximum Gasteiger partial charge on any atom is 0.290 e. The molecule has 0 saturated carbocycles. The van der Waals surface area contributed by atoms with E-state index in [9.17, 15) is 22.4 Å². The molecule has 1 saturated heterocycles. The Morgan fingerprint density at radius 2 is 2.00 bits per heavy atom. The van der Waals surface area contributed by atoms with Crippen LogP contribution in [0.3, 0.4) is 0 Å². The largest absolute Gasteiger partial charge is 0.451 e. The van der Waals surface area contributed by atoms with E-state index in [1.165, 1.54) is 23.1 Å². The first-order valence-corrected chi connectivity index (χ1v) is 11.8. The van der Waals surface area contributed by atoms with Gasteiger partial charge in [-0.1, -0.05) is 28.1 Å². The highest BCUT2D eigenvalue weighted by Crippen LogP contribution is 2.24. The van der Waals surface area contributed by atoms with E-state index in [0.717, 1.165) is 6.07 Å². The summed E-state index contributed by atoms with van der Waals surface area (Å²) < 4.78 is 44.0. The number of fused-ring (bicyclic) bond motifs is 1. The second-order valence-corrected chi connectivity index (χ2v) is 10.4. The molecule has 1 unspecified atom stereocenters. The van der Waals surface area contributed by atoms with Gasteiger partial charge >= 0.3 is 0 Å². The maximum absolute atomic E-state index is 13.6. The third-order valence-electron chi connectivity index (χ3n) is 5.05. The van der Waals surface area contributed by atoms with Gasteiger partial charge in [0.1, 0.15) is 11.4 Å². The molecule has 1 fully saturated rings. The molecule has 2 heterocycles. The normalized spacial score (nSPS) is 17.9. The fourth-order valence-electron chi connectivity index (χ4n) is 3.60. The van der Waals surface area contributed by atoms with Crippen molar-refractivity contribution in [2.75, 3.05) is 11.5 Å². The van der Waals surface area contributed by atoms with Crippen molar-refractivity contribution in [2.24, 2.45) is 0 Å². The van der Waals surface area contributed by atoms with E-state index in [-0.39, 0.29) is 41.2 Å². The van der Waals surface area contributed by atoms with E-state index >= 15 is 0 Å². The molecule has 0 bridgehead atoms. The molecule has 156 valence electrons. The highest BCUT2D eigenvalue weighted by atomic mass is 79.9. The van der Waals surface area contributed by atoms with Crippen molar-refractivity contribution < 1.29 is 22.0 Å². The molecule has 1 aromatic heterocycles. The van der Waals surface area contributed by atoms with Crippen LogP contribution >= 0.6 is 15.9 Å². The van der Waals surface area contributed by atoms with E-state index < -0.39 is 27.6 Å². The van der Waals surface area contributed by atoms with Crippen LogP contribution in [0.5, 0.6) is 0 Å². The first kappa shape index (κ1) is 20.7. The lowest BCUT2D eigenvalue weighted by molar-refractivity contribution is 0.0648. The van der Waals surface area contributed by atoms with Crippen LogP contribution < -0.4 is 5.43 Å². The summed E-state index contributed by atoms with van der Waals surface area (Å²) in [5.74, 6) is -1.46. The van der Waals surface area contributed by atoms with Crippen molar-refractivity contribution >= 4 is 42.6 Å². The van der Waals surface area contributed by atoms with Gasteiger partial charge in [-0.25, -0.2) is 12.8 Å². The fraction of sp³-hybridized carbons (Fsp3) is 0.238. The van der Waals surface area contributed by atoms with Crippen molar-refractivity contribution in [1.29, 1.82) is 0 Å². The lowest BCUT2D eigenvalue weighted by atomic mass is 10.1. The molecular formula is C21H17BrFNO5S. The molecule has 0 aliphatic carbocycles. The van der Waals surface area contributed by atoms with Crippen molar-refractivity contribution in [3.63, 3.8) is 0 Å². The first-order valence-electron chi connectivity index (χ1n) is 9.21. The van der Waals surface area contributed by atoms with Crippen LogP contribution in [0.25, 0.3) is 11.0 Å². The highest BCUT2D eigenvalue weighted by molar-refractivity contribution is 9.10. The van der Waals surface area contributed by atoms with Crippen molar-refractivity contribution in [1.82, 2.24) is 4.90 Å². The van der Waals surface area contributed by atoms with Gasteiger partial charge in [0.05, 0.1) is 16.9 Å². The van der Waals surface area contributed by atoms with Crippen LogP contribution in [0, 0.1) is 5.82 Å². The fourth-order valence-corrected chi connectivity index (χ4v) is 5.69. The average molecular weight is 494 g/mol. The zero-order valence-electron chi connectivity index (χ0n) is 15.7. The highest BCUT2D eigenvalue weighted by Gasteiger charge is 2.36. The van der Waals surface area contributed by atoms with E-state index in [1.807, 2.05) is 0 Å². The average Bonchev–Trinajstić information content (AvgIpc) is 3.05. The summed E-state index contributed by atoms with van der Waals surface area (Å²) >= 11 is 3.29. The molecule has 0 radical (unpaired) electrons. The van der Waals surface area contributed by atoms with Gasteiger partial charge in [-0.05, 0) is 42.3 Å². The topological polar surface area (TPSA) is 84.7 Å². The zero-order chi connectivity index (χ0) is 21.5. The minimum atomic E-state index is -3.27. The molecule has 1 aliphatic rings. The van der Waals surface area contributed by atoms with Gasteiger partial charge < -0.3 is 9.32 Å². The molecule has 1 atom stereocenters. The minimum Gasteiger partial charge on any atom is -0.451 e. The van der Waals surface area contributed by atoms with Crippen LogP contribution in [-0.2, 0) is 16.4 Å². The Balaban J connectivity index is 1.74. The van der Waals surface area contributed by atoms with Crippen LogP contribution in [0.1, 0.15) is 22.5 Å². The molecule has 1 aliphatic heterocycles. The van der Waals surface area contributed by atoms with Gasteiger partial charge in [0, 0.05) is 23.1 Å². The number of carbonyl (C=O) groups is 1. The summed E-state index contributed by atoms with van der Waals surface area (Å²) in [6.07, 6.45) is 0.272. The molecule has 4 rings (SSSR count). The standard InChI is InChI=1S/C21H17BrFNO5S/c22-14-4-5-19-17(9-14)18(25)10-20(29-19)21(26)24(16-6-7-30(27,28)12-16)11-13-2-1-3-15(23)8-13/h1-5,8-10,16H,6-7,11-12H2. The third-order valence-corrected chi connectivity index (χ3v) is 7.30. The van der Waals surface area contributed by atoms with Gasteiger partial charge in [0.2, 0.25) is 0 Å². The number of rotatable bonds is 4. The lowest BCUT2D eigenvalue weighted by Crippen LogP contribution is -2.41. The molecule has 6 nitrogen and oxygen atoms in total. The van der Waals surface area contributed by atoms with Gasteiger partial charge in [-0.15, -0.1) is 0 Å². The Morgan fingerprint density at radius 1 is 1.20 bits per heavy atom. The summed E-state index contributed by atoms with van der Waals surface area (Å²) in [5, 5.41) is 0.320. The summed E-state index contributed by atoms with van der Waals surface area (Å²) in [4.78, 5) is 27.1. The molecule has 2 aromatic carbocycles. The van der Waals surface area contributed by atoms with E-state index in [1.54, 1.807) is 24.3 Å². The van der Waals surface area contributed by atoms with Crippen molar-refractivity contribution in [2.45, 2.75) is 19.0 Å². The minimum absolute atomic E-state index is 0.00113. The van der Waals surface area contributed by atoms with Gasteiger partial charge in [0.25, 0.3) is 5.91 Å². The van der Waals surface area contributed by atoms with Crippen LogP contribution in [0.4, 0.5) is 4.39 Å². The summed E-state index contributed by atoms with van der Waals surface area (Å²) in [6.45, 7) is -0.00113. The Hall–Kier alpha value is -2.52. The van der Waals surface area contributed by atoms with Crippen LogP contribution in [0.15, 0.2) is 62.2 Å². The Morgan fingerprint density at radius 3 is 2.70 bits per heavy atom. The van der Waals surface area contributed by atoms with Gasteiger partial charge in [-0.3, -0.25) is 9.59 Å². The smallest absolute Gasteiger partial charge is 0.290 e. The van der Waals surface area contributed by atoms with Crippen LogP contribution in [0.2, 0.25) is 0 Å². The predicted octanol–water partition coefficient (Wildman–Crippen LogP) is 3.52. The van der Waals surface area contributed by atoms with Crippen LogP contribution in [-0.4, -0.2) is 36.8 Å². The number of hydrogen-bond acceptors (Lipinski definition) is 5. The molecule has 1 amide bonds. The van der Waals surface area contributed by atoms with E-state index in [0.29, 0.717) is 15.4 Å². The van der Waals surface area contributed by atoms with E-state index in [4.69, 9.17) is 4.42 Å². The van der Waals surface area contributed by atoms with Gasteiger partial charge in [-0.2, -0.15) is 0 Å². The zero-order valence-corrected chi connectivity index (χ0v) is 18.1. The molecule has 0 N–H and O–H groups in total. The maximum atomic E-state index is 13.6.